The summed E-state index contributed by atoms with van der Waals surface area (Å²) >= 11 is 0. The number of amides is 1. The average molecular weight is 302 g/mol. The van der Waals surface area contributed by atoms with E-state index in [2.05, 4.69) is 5.32 Å². The van der Waals surface area contributed by atoms with Crippen molar-refractivity contribution in [2.45, 2.75) is 19.3 Å². The van der Waals surface area contributed by atoms with E-state index in [9.17, 15) is 23.7 Å². The Kier molecular flexibility index (Phi) is 6.67. The van der Waals surface area contributed by atoms with Crippen molar-refractivity contribution >= 4 is 11.6 Å². The number of methoxy groups -OCH3 is 1. The van der Waals surface area contributed by atoms with Gasteiger partial charge in [0.2, 0.25) is 5.82 Å². The van der Waals surface area contributed by atoms with Crippen molar-refractivity contribution in [3.8, 4) is 0 Å². The number of carbonyl (C=O) groups excluding carboxylic acids is 1. The van der Waals surface area contributed by atoms with E-state index in [1.54, 1.807) is 7.11 Å². The molecule has 0 bridgehead atoms. The van der Waals surface area contributed by atoms with Gasteiger partial charge in [-0.15, -0.1) is 0 Å². The van der Waals surface area contributed by atoms with Crippen LogP contribution in [0.1, 0.15) is 29.6 Å². The second-order valence-corrected chi connectivity index (χ2v) is 4.35. The fourth-order valence-corrected chi connectivity index (χ4v) is 1.72. The highest BCUT2D eigenvalue weighted by molar-refractivity contribution is 5.95. The summed E-state index contributed by atoms with van der Waals surface area (Å²) in [7, 11) is 1.58. The maximum Gasteiger partial charge on any atom is 0.308 e. The predicted octanol–water partition coefficient (Wildman–Crippen LogP) is 2.42. The normalized spacial score (nSPS) is 10.4. The standard InChI is InChI=1S/C13H16F2N2O4/c1-21-6-4-2-3-5-16-13(18)10-7-9(14)8-11(12(10)15)17(19)20/h7-8H,2-6H2,1H3,(H,16,18). The number of nitrogens with zero attached hydrogens (tertiary/aromatic N) is 1. The zero-order chi connectivity index (χ0) is 15.8. The molecule has 1 amide bonds. The molecule has 1 aromatic carbocycles. The van der Waals surface area contributed by atoms with Crippen LogP contribution < -0.4 is 5.32 Å². The van der Waals surface area contributed by atoms with Gasteiger partial charge in [0, 0.05) is 20.3 Å². The van der Waals surface area contributed by atoms with Crippen molar-refractivity contribution in [2.75, 3.05) is 20.3 Å². The Morgan fingerprint density at radius 2 is 2.05 bits per heavy atom. The highest BCUT2D eigenvalue weighted by Crippen LogP contribution is 2.22. The second kappa shape index (κ2) is 8.25. The summed E-state index contributed by atoms with van der Waals surface area (Å²) in [5, 5.41) is 13.0. The lowest BCUT2D eigenvalue weighted by Gasteiger charge is -2.06. The molecule has 1 aromatic rings. The molecule has 0 aliphatic heterocycles. The van der Waals surface area contributed by atoms with Crippen LogP contribution in [0.5, 0.6) is 0 Å². The predicted molar refractivity (Wildman–Crippen MR) is 71.1 cm³/mol. The molecule has 0 heterocycles. The van der Waals surface area contributed by atoms with E-state index in [4.69, 9.17) is 4.74 Å². The molecule has 0 fully saturated rings. The third kappa shape index (κ3) is 5.07. The third-order valence-corrected chi connectivity index (χ3v) is 2.77. The van der Waals surface area contributed by atoms with E-state index >= 15 is 0 Å². The maximum absolute atomic E-state index is 13.7. The summed E-state index contributed by atoms with van der Waals surface area (Å²) in [4.78, 5) is 21.2. The lowest BCUT2D eigenvalue weighted by Crippen LogP contribution is -2.26. The molecule has 0 saturated carbocycles. The summed E-state index contributed by atoms with van der Waals surface area (Å²) in [5.41, 5.74) is -1.72. The van der Waals surface area contributed by atoms with Gasteiger partial charge in [-0.05, 0) is 25.3 Å². The van der Waals surface area contributed by atoms with E-state index in [1.807, 2.05) is 0 Å². The largest absolute Gasteiger partial charge is 0.385 e. The van der Waals surface area contributed by atoms with Crippen LogP contribution in [-0.2, 0) is 4.74 Å². The van der Waals surface area contributed by atoms with Crippen molar-refractivity contribution in [1.82, 2.24) is 5.32 Å². The Labute approximate surface area is 120 Å². The molecule has 0 radical (unpaired) electrons. The van der Waals surface area contributed by atoms with Crippen LogP contribution >= 0.6 is 0 Å². The molecule has 0 spiro atoms. The number of halogens is 2. The first-order chi connectivity index (χ1) is 9.97. The SMILES string of the molecule is COCCCCCNC(=O)c1cc(F)cc([N+](=O)[O-])c1F. The van der Waals surface area contributed by atoms with E-state index < -0.39 is 33.7 Å². The summed E-state index contributed by atoms with van der Waals surface area (Å²) in [6.07, 6.45) is 2.28. The molecule has 0 aliphatic rings. The van der Waals surface area contributed by atoms with Crippen LogP contribution in [0.2, 0.25) is 0 Å². The van der Waals surface area contributed by atoms with E-state index in [0.29, 0.717) is 25.2 Å². The molecule has 116 valence electrons. The first kappa shape index (κ1) is 17.0. The summed E-state index contributed by atoms with van der Waals surface area (Å²) in [5.74, 6) is -3.24. The van der Waals surface area contributed by atoms with Crippen LogP contribution in [0.25, 0.3) is 0 Å². The number of rotatable bonds is 8. The van der Waals surface area contributed by atoms with Crippen molar-refractivity contribution < 1.29 is 23.2 Å². The first-order valence-corrected chi connectivity index (χ1v) is 6.38. The average Bonchev–Trinajstić information content (AvgIpc) is 2.44. The van der Waals surface area contributed by atoms with Crippen molar-refractivity contribution in [3.63, 3.8) is 0 Å². The highest BCUT2D eigenvalue weighted by Gasteiger charge is 2.23. The minimum Gasteiger partial charge on any atom is -0.385 e. The van der Waals surface area contributed by atoms with Gasteiger partial charge in [0.25, 0.3) is 5.91 Å². The van der Waals surface area contributed by atoms with E-state index in [1.165, 1.54) is 0 Å². The molecular formula is C13H16F2N2O4. The van der Waals surface area contributed by atoms with Gasteiger partial charge in [-0.3, -0.25) is 14.9 Å². The lowest BCUT2D eigenvalue weighted by molar-refractivity contribution is -0.387. The third-order valence-electron chi connectivity index (χ3n) is 2.77. The number of nitro groups is 1. The number of unbranched alkanes of at least 4 members (excludes halogenated alkanes) is 2. The van der Waals surface area contributed by atoms with E-state index in [0.717, 1.165) is 12.8 Å². The van der Waals surface area contributed by atoms with Gasteiger partial charge in [0.15, 0.2) is 0 Å². The zero-order valence-corrected chi connectivity index (χ0v) is 11.5. The van der Waals surface area contributed by atoms with Gasteiger partial charge in [-0.2, -0.15) is 4.39 Å². The number of benzene rings is 1. The highest BCUT2D eigenvalue weighted by atomic mass is 19.1. The van der Waals surface area contributed by atoms with Crippen molar-refractivity contribution in [3.05, 3.63) is 39.4 Å². The van der Waals surface area contributed by atoms with Gasteiger partial charge in [0.1, 0.15) is 5.82 Å². The Bertz CT molecular complexity index is 523. The van der Waals surface area contributed by atoms with Gasteiger partial charge >= 0.3 is 5.69 Å². The van der Waals surface area contributed by atoms with Crippen LogP contribution in [0.3, 0.4) is 0 Å². The molecule has 1 N–H and O–H groups in total. The second-order valence-electron chi connectivity index (χ2n) is 4.35. The molecule has 6 nitrogen and oxygen atoms in total. The number of nitrogens with one attached hydrogen (secondary N) is 1. The molecule has 0 aliphatic carbocycles. The summed E-state index contributed by atoms with van der Waals surface area (Å²) < 4.78 is 31.8. The minimum atomic E-state index is -1.33. The molecule has 1 rings (SSSR count). The van der Waals surface area contributed by atoms with Gasteiger partial charge in [-0.1, -0.05) is 0 Å². The van der Waals surface area contributed by atoms with Gasteiger partial charge in [-0.25, -0.2) is 4.39 Å². The molecule has 0 aromatic heterocycles. The lowest BCUT2D eigenvalue weighted by atomic mass is 10.1. The molecule has 21 heavy (non-hydrogen) atoms. The van der Waals surface area contributed by atoms with Crippen molar-refractivity contribution in [1.29, 1.82) is 0 Å². The number of nitro benzene ring substituents is 1. The van der Waals surface area contributed by atoms with Gasteiger partial charge < -0.3 is 10.1 Å². The van der Waals surface area contributed by atoms with E-state index in [-0.39, 0.29) is 6.54 Å². The number of hydrogen-bond donors (Lipinski definition) is 1. The van der Waals surface area contributed by atoms with Crippen LogP contribution in [0.15, 0.2) is 12.1 Å². The Morgan fingerprint density at radius 1 is 1.33 bits per heavy atom. The Morgan fingerprint density at radius 3 is 2.67 bits per heavy atom. The number of hydrogen-bond acceptors (Lipinski definition) is 4. The Balaban J connectivity index is 2.64. The fraction of sp³-hybridized carbons (Fsp3) is 0.462. The molecular weight excluding hydrogens is 286 g/mol. The number of carbonyl (C=O) groups is 1. The zero-order valence-electron chi connectivity index (χ0n) is 11.5. The smallest absolute Gasteiger partial charge is 0.308 e. The van der Waals surface area contributed by atoms with Crippen LogP contribution in [0, 0.1) is 21.7 Å². The molecule has 0 unspecified atom stereocenters. The number of ether oxygens (including phenoxy) is 1. The molecule has 8 heteroatoms. The maximum atomic E-state index is 13.7. The van der Waals surface area contributed by atoms with Crippen LogP contribution in [0.4, 0.5) is 14.5 Å². The Hall–Kier alpha value is -2.09. The minimum absolute atomic E-state index is 0.270. The first-order valence-electron chi connectivity index (χ1n) is 6.38. The molecule has 0 atom stereocenters. The fourth-order valence-electron chi connectivity index (χ4n) is 1.72. The quantitative estimate of drug-likeness (QED) is 0.454. The summed E-state index contributed by atoms with van der Waals surface area (Å²) in [6.45, 7) is 0.880. The summed E-state index contributed by atoms with van der Waals surface area (Å²) in [6, 6.07) is 1.08. The van der Waals surface area contributed by atoms with Crippen molar-refractivity contribution in [2.24, 2.45) is 0 Å². The molecule has 0 saturated heterocycles. The van der Waals surface area contributed by atoms with Gasteiger partial charge in [0.05, 0.1) is 16.6 Å². The monoisotopic (exact) mass is 302 g/mol. The topological polar surface area (TPSA) is 81.5 Å². The van der Waals surface area contributed by atoms with Crippen LogP contribution in [-0.4, -0.2) is 31.1 Å².